The first-order valence-corrected chi connectivity index (χ1v) is 4.82. The molecule has 0 bridgehead atoms. The van der Waals surface area contributed by atoms with Gasteiger partial charge in [-0.15, -0.1) is 11.6 Å². The molecule has 1 aromatic rings. The summed E-state index contributed by atoms with van der Waals surface area (Å²) in [5.41, 5.74) is 1.11. The first-order valence-electron chi connectivity index (χ1n) is 4.38. The minimum absolute atomic E-state index is 0.00731. The monoisotopic (exact) mass is 215 g/mol. The lowest BCUT2D eigenvalue weighted by molar-refractivity contribution is 0.197. The Morgan fingerprint density at radius 1 is 1.50 bits per heavy atom. The van der Waals surface area contributed by atoms with Crippen molar-refractivity contribution in [2.75, 3.05) is 20.8 Å². The molecule has 3 nitrogen and oxygen atoms in total. The zero-order valence-electron chi connectivity index (χ0n) is 8.37. The molecule has 1 heterocycles. The maximum Gasteiger partial charge on any atom is 0.213 e. The van der Waals surface area contributed by atoms with Crippen LogP contribution in [0.15, 0.2) is 18.3 Å². The lowest BCUT2D eigenvalue weighted by atomic mass is 10.1. The second-order valence-corrected chi connectivity index (χ2v) is 3.58. The van der Waals surface area contributed by atoms with Gasteiger partial charge in [0.15, 0.2) is 0 Å². The van der Waals surface area contributed by atoms with Gasteiger partial charge in [0.1, 0.15) is 0 Å². The van der Waals surface area contributed by atoms with Crippen molar-refractivity contribution in [3.8, 4) is 5.88 Å². The summed E-state index contributed by atoms with van der Waals surface area (Å²) >= 11 is 6.02. The fourth-order valence-electron chi connectivity index (χ4n) is 1.18. The molecule has 0 N–H and O–H groups in total. The molecule has 1 aromatic heterocycles. The molecule has 0 fully saturated rings. The predicted molar refractivity (Wildman–Crippen MR) is 56.0 cm³/mol. The largest absolute Gasteiger partial charge is 0.481 e. The van der Waals surface area contributed by atoms with Gasteiger partial charge in [-0.3, -0.25) is 0 Å². The Hall–Kier alpha value is -0.800. The molecule has 1 rings (SSSR count). The van der Waals surface area contributed by atoms with Crippen LogP contribution >= 0.6 is 11.6 Å². The number of halogens is 1. The van der Waals surface area contributed by atoms with Crippen molar-refractivity contribution in [3.05, 3.63) is 23.9 Å². The summed E-state index contributed by atoms with van der Waals surface area (Å²) in [7, 11) is 3.24. The summed E-state index contributed by atoms with van der Waals surface area (Å²) in [5, 5.41) is -0.00731. The van der Waals surface area contributed by atoms with Gasteiger partial charge in [0.2, 0.25) is 5.88 Å². The first-order chi connectivity index (χ1) is 6.76. The second-order valence-electron chi connectivity index (χ2n) is 2.96. The van der Waals surface area contributed by atoms with Crippen molar-refractivity contribution in [3.63, 3.8) is 0 Å². The number of methoxy groups -OCH3 is 2. The molecule has 1 atom stereocenters. The Balaban J connectivity index is 2.57. The van der Waals surface area contributed by atoms with Crippen LogP contribution in [0.3, 0.4) is 0 Å². The normalized spacial score (nSPS) is 12.5. The minimum Gasteiger partial charge on any atom is -0.481 e. The van der Waals surface area contributed by atoms with Gasteiger partial charge in [-0.25, -0.2) is 4.98 Å². The molecular formula is C10H14ClNO2. The Morgan fingerprint density at radius 2 is 2.29 bits per heavy atom. The van der Waals surface area contributed by atoms with Crippen LogP contribution in [-0.2, 0) is 11.2 Å². The average molecular weight is 216 g/mol. The summed E-state index contributed by atoms with van der Waals surface area (Å²) in [6.07, 6.45) is 2.47. The van der Waals surface area contributed by atoms with Gasteiger partial charge in [-0.2, -0.15) is 0 Å². The van der Waals surface area contributed by atoms with Crippen molar-refractivity contribution >= 4 is 11.6 Å². The van der Waals surface area contributed by atoms with E-state index in [1.165, 1.54) is 0 Å². The molecule has 1 unspecified atom stereocenters. The SMILES string of the molecule is COCC(Cl)Cc1ccnc(OC)c1. The number of nitrogens with zero attached hydrogens (tertiary/aromatic N) is 1. The summed E-state index contributed by atoms with van der Waals surface area (Å²) in [4.78, 5) is 4.01. The lowest BCUT2D eigenvalue weighted by Crippen LogP contribution is -2.10. The van der Waals surface area contributed by atoms with Gasteiger partial charge < -0.3 is 9.47 Å². The molecule has 0 amide bonds. The topological polar surface area (TPSA) is 31.4 Å². The summed E-state index contributed by atoms with van der Waals surface area (Å²) in [5.74, 6) is 0.615. The molecule has 0 aromatic carbocycles. The van der Waals surface area contributed by atoms with E-state index in [9.17, 15) is 0 Å². The first kappa shape index (κ1) is 11.3. The van der Waals surface area contributed by atoms with Crippen LogP contribution in [0, 0.1) is 0 Å². The zero-order chi connectivity index (χ0) is 10.4. The van der Waals surface area contributed by atoms with Gasteiger partial charge in [0.25, 0.3) is 0 Å². The van der Waals surface area contributed by atoms with Crippen molar-refractivity contribution in [1.29, 1.82) is 0 Å². The van der Waals surface area contributed by atoms with Crippen molar-refractivity contribution < 1.29 is 9.47 Å². The smallest absolute Gasteiger partial charge is 0.213 e. The minimum atomic E-state index is -0.00731. The summed E-state index contributed by atoms with van der Waals surface area (Å²) < 4.78 is 9.96. The van der Waals surface area contributed by atoms with Crippen molar-refractivity contribution in [1.82, 2.24) is 4.98 Å². The van der Waals surface area contributed by atoms with Crippen LogP contribution in [0.1, 0.15) is 5.56 Å². The van der Waals surface area contributed by atoms with Crippen molar-refractivity contribution in [2.45, 2.75) is 11.8 Å². The van der Waals surface area contributed by atoms with E-state index in [1.807, 2.05) is 12.1 Å². The Morgan fingerprint density at radius 3 is 2.93 bits per heavy atom. The molecule has 0 spiro atoms. The molecule has 4 heteroatoms. The van der Waals surface area contributed by atoms with Crippen molar-refractivity contribution in [2.24, 2.45) is 0 Å². The second kappa shape index (κ2) is 5.83. The number of rotatable bonds is 5. The maximum atomic E-state index is 6.02. The molecule has 0 radical (unpaired) electrons. The molecule has 0 saturated carbocycles. The molecular weight excluding hydrogens is 202 g/mol. The third-order valence-electron chi connectivity index (χ3n) is 1.81. The summed E-state index contributed by atoms with van der Waals surface area (Å²) in [6, 6.07) is 3.80. The van der Waals surface area contributed by atoms with Gasteiger partial charge in [-0.1, -0.05) is 0 Å². The highest BCUT2D eigenvalue weighted by Gasteiger charge is 2.06. The number of alkyl halides is 1. The number of ether oxygens (including phenoxy) is 2. The van der Waals surface area contributed by atoms with Crippen LogP contribution in [0.25, 0.3) is 0 Å². The van der Waals surface area contributed by atoms with E-state index in [0.29, 0.717) is 12.5 Å². The van der Waals surface area contributed by atoms with Crippen LogP contribution < -0.4 is 4.74 Å². The van der Waals surface area contributed by atoms with Gasteiger partial charge in [0, 0.05) is 19.4 Å². The standard InChI is InChI=1S/C10H14ClNO2/c1-13-7-9(11)5-8-3-4-12-10(6-8)14-2/h3-4,6,9H,5,7H2,1-2H3. The highest BCUT2D eigenvalue weighted by atomic mass is 35.5. The highest BCUT2D eigenvalue weighted by Crippen LogP contribution is 2.12. The lowest BCUT2D eigenvalue weighted by Gasteiger charge is -2.08. The van der Waals surface area contributed by atoms with E-state index in [2.05, 4.69) is 4.98 Å². The number of pyridine rings is 1. The number of hydrogen-bond donors (Lipinski definition) is 0. The Labute approximate surface area is 89.0 Å². The fourth-order valence-corrected chi connectivity index (χ4v) is 1.49. The molecule has 0 saturated heterocycles. The van der Waals surface area contributed by atoms with Gasteiger partial charge in [0.05, 0.1) is 19.1 Å². The van der Waals surface area contributed by atoms with E-state index >= 15 is 0 Å². The predicted octanol–water partition coefficient (Wildman–Crippen LogP) is 1.89. The highest BCUT2D eigenvalue weighted by molar-refractivity contribution is 6.20. The molecule has 0 aliphatic carbocycles. The zero-order valence-corrected chi connectivity index (χ0v) is 9.12. The van der Waals surface area contributed by atoms with Crippen LogP contribution in [-0.4, -0.2) is 31.2 Å². The number of hydrogen-bond acceptors (Lipinski definition) is 3. The average Bonchev–Trinajstić information content (AvgIpc) is 2.18. The van der Waals surface area contributed by atoms with Gasteiger partial charge in [-0.05, 0) is 18.1 Å². The van der Waals surface area contributed by atoms with Crippen LogP contribution in [0.5, 0.6) is 5.88 Å². The van der Waals surface area contributed by atoms with E-state index in [1.54, 1.807) is 20.4 Å². The third kappa shape index (κ3) is 3.52. The van der Waals surface area contributed by atoms with E-state index < -0.39 is 0 Å². The Kier molecular flexibility index (Phi) is 4.70. The Bertz CT molecular complexity index is 281. The molecule has 0 aliphatic rings. The summed E-state index contributed by atoms with van der Waals surface area (Å²) in [6.45, 7) is 0.548. The van der Waals surface area contributed by atoms with Crippen LogP contribution in [0.2, 0.25) is 0 Å². The van der Waals surface area contributed by atoms with E-state index in [0.717, 1.165) is 12.0 Å². The maximum absolute atomic E-state index is 6.02. The van der Waals surface area contributed by atoms with E-state index in [4.69, 9.17) is 21.1 Å². The van der Waals surface area contributed by atoms with E-state index in [-0.39, 0.29) is 5.38 Å². The van der Waals surface area contributed by atoms with Gasteiger partial charge >= 0.3 is 0 Å². The fraction of sp³-hybridized carbons (Fsp3) is 0.500. The third-order valence-corrected chi connectivity index (χ3v) is 2.09. The van der Waals surface area contributed by atoms with Crippen LogP contribution in [0.4, 0.5) is 0 Å². The molecule has 14 heavy (non-hydrogen) atoms. The molecule has 0 aliphatic heterocycles. The molecule has 78 valence electrons. The number of aromatic nitrogens is 1. The quantitative estimate of drug-likeness (QED) is 0.703.